The number of sulfone groups is 1. The molecule has 156 valence electrons. The summed E-state index contributed by atoms with van der Waals surface area (Å²) in [5, 5.41) is 6.94. The van der Waals surface area contributed by atoms with Crippen molar-refractivity contribution in [2.45, 2.75) is 17.2 Å². The Labute approximate surface area is 175 Å². The van der Waals surface area contributed by atoms with Crippen molar-refractivity contribution in [3.05, 3.63) is 64.9 Å². The molecule has 0 fully saturated rings. The Morgan fingerprint density at radius 3 is 2.83 bits per heavy atom. The number of hydrogen-bond donors (Lipinski definition) is 2. The number of carbonyl (C=O) groups is 1. The van der Waals surface area contributed by atoms with Crippen molar-refractivity contribution in [2.75, 3.05) is 12.1 Å². The molecule has 8 nitrogen and oxygen atoms in total. The van der Waals surface area contributed by atoms with E-state index in [4.69, 9.17) is 9.47 Å². The highest BCUT2D eigenvalue weighted by Gasteiger charge is 2.22. The number of rotatable bonds is 6. The summed E-state index contributed by atoms with van der Waals surface area (Å²) in [5.74, 6) is 0.170. The molecule has 0 radical (unpaired) electrons. The lowest BCUT2D eigenvalue weighted by Crippen LogP contribution is -2.28. The molecule has 2 aromatic carbocycles. The number of anilines is 1. The molecule has 1 aliphatic rings. The van der Waals surface area contributed by atoms with Crippen LogP contribution in [0.15, 0.2) is 52.7 Å². The maximum absolute atomic E-state index is 13.2. The third-order valence-electron chi connectivity index (χ3n) is 4.16. The Hall–Kier alpha value is -3.18. The predicted octanol–water partition coefficient (Wildman–Crippen LogP) is 3.31. The van der Waals surface area contributed by atoms with Gasteiger partial charge in [-0.05, 0) is 29.8 Å². The quantitative estimate of drug-likeness (QED) is 0.598. The van der Waals surface area contributed by atoms with E-state index in [-0.39, 0.29) is 34.9 Å². The van der Waals surface area contributed by atoms with Gasteiger partial charge in [0, 0.05) is 18.0 Å². The van der Waals surface area contributed by atoms with E-state index in [2.05, 4.69) is 15.6 Å². The Kier molecular flexibility index (Phi) is 5.55. The summed E-state index contributed by atoms with van der Waals surface area (Å²) in [6, 6.07) is 9.77. The van der Waals surface area contributed by atoms with Crippen LogP contribution in [0.2, 0.25) is 0 Å². The smallest absolute Gasteiger partial charge is 0.321 e. The minimum absolute atomic E-state index is 0.0568. The number of aromatic nitrogens is 1. The van der Waals surface area contributed by atoms with Gasteiger partial charge in [-0.15, -0.1) is 11.3 Å². The topological polar surface area (TPSA) is 107 Å². The molecule has 0 unspecified atom stereocenters. The van der Waals surface area contributed by atoms with Gasteiger partial charge in [-0.3, -0.25) is 5.32 Å². The Balaban J connectivity index is 1.36. The van der Waals surface area contributed by atoms with E-state index >= 15 is 0 Å². The van der Waals surface area contributed by atoms with Crippen molar-refractivity contribution in [1.29, 1.82) is 0 Å². The van der Waals surface area contributed by atoms with Crippen molar-refractivity contribution in [2.24, 2.45) is 0 Å². The van der Waals surface area contributed by atoms with Gasteiger partial charge in [-0.1, -0.05) is 12.1 Å². The molecule has 2 N–H and O–H groups in total. The maximum atomic E-state index is 13.2. The fourth-order valence-electron chi connectivity index (χ4n) is 2.75. The standard InChI is InChI=1S/C19H16FN3O5S2/c20-13-3-1-2-12(6-13)8-21-18(24)23-19-22-14(9-29-19)10-30(25,26)15-4-5-16-17(7-15)28-11-27-16/h1-7,9H,8,10-11H2,(H2,21,22,23,24). The fraction of sp³-hybridized carbons (Fsp3) is 0.158. The zero-order valence-electron chi connectivity index (χ0n) is 15.4. The minimum atomic E-state index is -3.66. The molecule has 2 amide bonds. The highest BCUT2D eigenvalue weighted by molar-refractivity contribution is 7.90. The molecule has 1 aliphatic heterocycles. The van der Waals surface area contributed by atoms with Gasteiger partial charge in [0.05, 0.1) is 16.3 Å². The van der Waals surface area contributed by atoms with Crippen LogP contribution in [0.4, 0.5) is 14.3 Å². The number of ether oxygens (including phenoxy) is 2. The molecule has 0 bridgehead atoms. The molecule has 3 aromatic rings. The van der Waals surface area contributed by atoms with E-state index in [0.29, 0.717) is 22.8 Å². The SMILES string of the molecule is O=C(NCc1cccc(F)c1)Nc1nc(CS(=O)(=O)c2ccc3c(c2)OCO3)cs1. The highest BCUT2D eigenvalue weighted by Crippen LogP contribution is 2.34. The van der Waals surface area contributed by atoms with Gasteiger partial charge in [-0.2, -0.15) is 0 Å². The summed E-state index contributed by atoms with van der Waals surface area (Å²) in [4.78, 5) is 16.3. The first-order valence-corrected chi connectivity index (χ1v) is 11.3. The Bertz CT molecular complexity index is 1200. The van der Waals surface area contributed by atoms with E-state index in [1.54, 1.807) is 23.6 Å². The third-order valence-corrected chi connectivity index (χ3v) is 6.61. The molecule has 11 heteroatoms. The second-order valence-electron chi connectivity index (χ2n) is 6.36. The lowest BCUT2D eigenvalue weighted by Gasteiger charge is -2.06. The molecule has 1 aromatic heterocycles. The van der Waals surface area contributed by atoms with Gasteiger partial charge in [-0.25, -0.2) is 22.6 Å². The summed E-state index contributed by atoms with van der Waals surface area (Å²) >= 11 is 1.11. The highest BCUT2D eigenvalue weighted by atomic mass is 32.2. The number of benzene rings is 2. The summed E-state index contributed by atoms with van der Waals surface area (Å²) < 4.78 is 48.9. The maximum Gasteiger partial charge on any atom is 0.321 e. The lowest BCUT2D eigenvalue weighted by atomic mass is 10.2. The van der Waals surface area contributed by atoms with Gasteiger partial charge < -0.3 is 14.8 Å². The number of fused-ring (bicyclic) bond motifs is 1. The molecule has 0 spiro atoms. The Morgan fingerprint density at radius 1 is 1.17 bits per heavy atom. The third kappa shape index (κ3) is 4.69. The van der Waals surface area contributed by atoms with Gasteiger partial charge in [0.25, 0.3) is 0 Å². The zero-order valence-corrected chi connectivity index (χ0v) is 17.1. The molecular weight excluding hydrogens is 433 g/mol. The molecule has 0 saturated carbocycles. The average molecular weight is 449 g/mol. The van der Waals surface area contributed by atoms with Crippen molar-refractivity contribution in [3.8, 4) is 11.5 Å². The number of nitrogens with one attached hydrogen (secondary N) is 2. The molecular formula is C19H16FN3O5S2. The fourth-order valence-corrected chi connectivity index (χ4v) is 4.83. The summed E-state index contributed by atoms with van der Waals surface area (Å²) in [7, 11) is -3.66. The minimum Gasteiger partial charge on any atom is -0.454 e. The molecule has 0 saturated heterocycles. The van der Waals surface area contributed by atoms with Crippen LogP contribution in [0.25, 0.3) is 0 Å². The van der Waals surface area contributed by atoms with Crippen LogP contribution in [0, 0.1) is 5.82 Å². The van der Waals surface area contributed by atoms with E-state index < -0.39 is 15.9 Å². The number of urea groups is 1. The van der Waals surface area contributed by atoms with Gasteiger partial charge >= 0.3 is 6.03 Å². The van der Waals surface area contributed by atoms with Gasteiger partial charge in [0.1, 0.15) is 5.82 Å². The average Bonchev–Trinajstić information content (AvgIpc) is 3.34. The largest absolute Gasteiger partial charge is 0.454 e. The normalized spacial score (nSPS) is 12.6. The molecule has 0 aliphatic carbocycles. The van der Waals surface area contributed by atoms with Gasteiger partial charge in [0.15, 0.2) is 26.5 Å². The molecule has 30 heavy (non-hydrogen) atoms. The van der Waals surface area contributed by atoms with Crippen molar-refractivity contribution >= 4 is 32.3 Å². The van der Waals surface area contributed by atoms with Crippen molar-refractivity contribution in [1.82, 2.24) is 10.3 Å². The number of halogens is 1. The number of thiazole rings is 1. The number of amides is 2. The first-order valence-electron chi connectivity index (χ1n) is 8.75. The van der Waals surface area contributed by atoms with E-state index in [1.165, 1.54) is 24.3 Å². The van der Waals surface area contributed by atoms with Crippen LogP contribution < -0.4 is 20.1 Å². The first kappa shape index (κ1) is 20.1. The number of carbonyl (C=O) groups excluding carboxylic acids is 1. The molecule has 0 atom stereocenters. The predicted molar refractivity (Wildman–Crippen MR) is 108 cm³/mol. The van der Waals surface area contributed by atoms with Crippen molar-refractivity contribution in [3.63, 3.8) is 0 Å². The summed E-state index contributed by atoms with van der Waals surface area (Å²) in [6.45, 7) is 0.196. The van der Waals surface area contributed by atoms with Crippen LogP contribution in [0.3, 0.4) is 0 Å². The number of nitrogens with zero attached hydrogens (tertiary/aromatic N) is 1. The van der Waals surface area contributed by atoms with Crippen LogP contribution in [-0.2, 0) is 22.1 Å². The van der Waals surface area contributed by atoms with E-state index in [0.717, 1.165) is 11.3 Å². The second-order valence-corrected chi connectivity index (χ2v) is 9.20. The zero-order chi connectivity index (χ0) is 21.1. The van der Waals surface area contributed by atoms with Crippen molar-refractivity contribution < 1.29 is 27.1 Å². The van der Waals surface area contributed by atoms with Gasteiger partial charge in [0.2, 0.25) is 6.79 Å². The monoisotopic (exact) mass is 449 g/mol. The lowest BCUT2D eigenvalue weighted by molar-refractivity contribution is 0.174. The summed E-state index contributed by atoms with van der Waals surface area (Å²) in [5.41, 5.74) is 0.915. The van der Waals surface area contributed by atoms with Crippen LogP contribution in [0.1, 0.15) is 11.3 Å². The summed E-state index contributed by atoms with van der Waals surface area (Å²) in [6.07, 6.45) is 0. The van der Waals surface area contributed by atoms with Crippen LogP contribution >= 0.6 is 11.3 Å². The second kappa shape index (κ2) is 8.28. The molecule has 4 rings (SSSR count). The van der Waals surface area contributed by atoms with E-state index in [1.807, 2.05) is 0 Å². The first-order chi connectivity index (χ1) is 14.4. The Morgan fingerprint density at radius 2 is 2.00 bits per heavy atom. The van der Waals surface area contributed by atoms with Crippen LogP contribution in [0.5, 0.6) is 11.5 Å². The van der Waals surface area contributed by atoms with Crippen LogP contribution in [-0.4, -0.2) is 26.2 Å². The molecule has 2 heterocycles. The number of hydrogen-bond acceptors (Lipinski definition) is 7. The van der Waals surface area contributed by atoms with E-state index in [9.17, 15) is 17.6 Å².